The number of carboxylic acids is 1. The normalized spacial score (nSPS) is 20.5. The smallest absolute Gasteiger partial charge is 0.354 e. The molecule has 1 aromatic heterocycles. The maximum atomic E-state index is 11.0. The summed E-state index contributed by atoms with van der Waals surface area (Å²) in [4.78, 5) is 19.6. The lowest BCUT2D eigenvalue weighted by Crippen LogP contribution is -2.15. The van der Waals surface area contributed by atoms with Crippen molar-refractivity contribution in [1.29, 1.82) is 0 Å². The van der Waals surface area contributed by atoms with Gasteiger partial charge in [0.15, 0.2) is 5.69 Å². The van der Waals surface area contributed by atoms with E-state index in [1.54, 1.807) is 6.07 Å². The lowest BCUT2D eigenvalue weighted by Gasteiger charge is -2.25. The van der Waals surface area contributed by atoms with Crippen molar-refractivity contribution >= 4 is 5.97 Å². The highest BCUT2D eigenvalue weighted by Gasteiger charge is 2.30. The molecule has 0 aromatic carbocycles. The van der Waals surface area contributed by atoms with Gasteiger partial charge in [-0.15, -0.1) is 0 Å². The molecule has 0 atom stereocenters. The zero-order valence-electron chi connectivity index (χ0n) is 9.02. The van der Waals surface area contributed by atoms with Gasteiger partial charge in [-0.05, 0) is 31.7 Å². The van der Waals surface area contributed by atoms with Crippen LogP contribution in [0.5, 0.6) is 0 Å². The van der Waals surface area contributed by atoms with Crippen LogP contribution >= 0.6 is 0 Å². The summed E-state index contributed by atoms with van der Waals surface area (Å²) in [6.45, 7) is 0. The number of hydrogen-bond acceptors (Lipinski definition) is 3. The van der Waals surface area contributed by atoms with Gasteiger partial charge in [-0.1, -0.05) is 6.42 Å². The topological polar surface area (TPSA) is 63.1 Å². The van der Waals surface area contributed by atoms with Crippen molar-refractivity contribution in [2.75, 3.05) is 0 Å². The van der Waals surface area contributed by atoms with E-state index in [2.05, 4.69) is 9.97 Å². The van der Waals surface area contributed by atoms with Gasteiger partial charge >= 0.3 is 5.97 Å². The number of nitrogens with zero attached hydrogens (tertiary/aromatic N) is 2. The molecule has 0 aliphatic heterocycles. The Labute approximate surface area is 93.7 Å². The number of carbonyl (C=O) groups is 1. The molecule has 3 rings (SSSR count). The van der Waals surface area contributed by atoms with Gasteiger partial charge in [0.05, 0.1) is 0 Å². The number of rotatable bonds is 3. The van der Waals surface area contributed by atoms with Crippen LogP contribution in [0.3, 0.4) is 0 Å². The summed E-state index contributed by atoms with van der Waals surface area (Å²) in [7, 11) is 0. The maximum absolute atomic E-state index is 11.0. The summed E-state index contributed by atoms with van der Waals surface area (Å²) in [5, 5.41) is 9.02. The van der Waals surface area contributed by atoms with Gasteiger partial charge in [0, 0.05) is 17.5 Å². The zero-order chi connectivity index (χ0) is 11.1. The minimum atomic E-state index is -0.940. The molecule has 2 aliphatic rings. The van der Waals surface area contributed by atoms with Crippen LogP contribution in [0.15, 0.2) is 6.07 Å². The van der Waals surface area contributed by atoms with E-state index in [0.29, 0.717) is 11.8 Å². The average Bonchev–Trinajstić information content (AvgIpc) is 2.97. The highest BCUT2D eigenvalue weighted by Crippen LogP contribution is 2.40. The summed E-state index contributed by atoms with van der Waals surface area (Å²) >= 11 is 0. The van der Waals surface area contributed by atoms with E-state index in [4.69, 9.17) is 5.11 Å². The monoisotopic (exact) mass is 218 g/mol. The summed E-state index contributed by atoms with van der Waals surface area (Å²) < 4.78 is 0. The summed E-state index contributed by atoms with van der Waals surface area (Å²) in [5.74, 6) is 0.698. The van der Waals surface area contributed by atoms with Crippen molar-refractivity contribution < 1.29 is 9.90 Å². The molecule has 4 heteroatoms. The molecule has 0 radical (unpaired) electrons. The van der Waals surface area contributed by atoms with Crippen molar-refractivity contribution in [3.8, 4) is 0 Å². The second-order valence-electron chi connectivity index (χ2n) is 4.74. The van der Waals surface area contributed by atoms with Gasteiger partial charge in [-0.2, -0.15) is 0 Å². The van der Waals surface area contributed by atoms with E-state index >= 15 is 0 Å². The first-order chi connectivity index (χ1) is 7.74. The Morgan fingerprint density at radius 1 is 1.19 bits per heavy atom. The van der Waals surface area contributed by atoms with E-state index in [-0.39, 0.29) is 5.69 Å². The molecule has 0 bridgehead atoms. The highest BCUT2D eigenvalue weighted by molar-refractivity contribution is 5.85. The standard InChI is InChI=1S/C12H14N2O2/c15-12(16)10-6-9(7-2-1-3-7)13-11(14-10)8-4-5-8/h6-8H,1-5H2,(H,15,16). The molecule has 2 fully saturated rings. The quantitative estimate of drug-likeness (QED) is 0.845. The van der Waals surface area contributed by atoms with E-state index in [1.165, 1.54) is 6.42 Å². The first-order valence-electron chi connectivity index (χ1n) is 5.86. The molecule has 2 saturated carbocycles. The summed E-state index contributed by atoms with van der Waals surface area (Å²) in [6, 6.07) is 1.65. The Hall–Kier alpha value is -1.45. The van der Waals surface area contributed by atoms with E-state index in [9.17, 15) is 4.79 Å². The second kappa shape index (κ2) is 3.54. The third kappa shape index (κ3) is 1.68. The van der Waals surface area contributed by atoms with Gasteiger partial charge in [0.2, 0.25) is 0 Å². The molecule has 1 heterocycles. The van der Waals surface area contributed by atoms with Crippen LogP contribution < -0.4 is 0 Å². The Bertz CT molecular complexity index is 437. The molecule has 1 aromatic rings. The minimum Gasteiger partial charge on any atom is -0.477 e. The number of aromatic carboxylic acids is 1. The van der Waals surface area contributed by atoms with Crippen molar-refractivity contribution in [3.05, 3.63) is 23.3 Å². The molecule has 16 heavy (non-hydrogen) atoms. The van der Waals surface area contributed by atoms with Gasteiger partial charge in [0.25, 0.3) is 0 Å². The first-order valence-corrected chi connectivity index (χ1v) is 5.86. The fourth-order valence-electron chi connectivity index (χ4n) is 2.03. The molecule has 84 valence electrons. The summed E-state index contributed by atoms with van der Waals surface area (Å²) in [6.07, 6.45) is 5.72. The lowest BCUT2D eigenvalue weighted by molar-refractivity contribution is 0.0689. The van der Waals surface area contributed by atoms with Crippen molar-refractivity contribution in [2.45, 2.75) is 43.9 Å². The fourth-order valence-corrected chi connectivity index (χ4v) is 2.03. The maximum Gasteiger partial charge on any atom is 0.354 e. The molecule has 0 unspecified atom stereocenters. The average molecular weight is 218 g/mol. The van der Waals surface area contributed by atoms with Crippen LogP contribution in [-0.2, 0) is 0 Å². The predicted molar refractivity (Wildman–Crippen MR) is 57.6 cm³/mol. The Balaban J connectivity index is 1.98. The van der Waals surface area contributed by atoms with Crippen LogP contribution in [0.25, 0.3) is 0 Å². The van der Waals surface area contributed by atoms with Crippen LogP contribution in [0.4, 0.5) is 0 Å². The number of hydrogen-bond donors (Lipinski definition) is 1. The first kappa shape index (κ1) is 9.75. The van der Waals surface area contributed by atoms with Crippen LogP contribution in [0.2, 0.25) is 0 Å². The molecular weight excluding hydrogens is 204 g/mol. The Kier molecular flexibility index (Phi) is 2.16. The molecular formula is C12H14N2O2. The Morgan fingerprint density at radius 3 is 2.44 bits per heavy atom. The van der Waals surface area contributed by atoms with Gasteiger partial charge in [-0.25, -0.2) is 14.8 Å². The third-order valence-electron chi connectivity index (χ3n) is 3.45. The summed E-state index contributed by atoms with van der Waals surface area (Å²) in [5.41, 5.74) is 1.11. The predicted octanol–water partition coefficient (Wildman–Crippen LogP) is 2.32. The third-order valence-corrected chi connectivity index (χ3v) is 3.45. The van der Waals surface area contributed by atoms with Gasteiger partial charge < -0.3 is 5.11 Å². The van der Waals surface area contributed by atoms with Gasteiger partial charge in [0.1, 0.15) is 5.82 Å². The molecule has 0 saturated heterocycles. The van der Waals surface area contributed by atoms with E-state index in [0.717, 1.165) is 37.2 Å². The molecule has 1 N–H and O–H groups in total. The van der Waals surface area contributed by atoms with Crippen molar-refractivity contribution in [1.82, 2.24) is 9.97 Å². The van der Waals surface area contributed by atoms with Crippen LogP contribution in [0.1, 0.15) is 65.9 Å². The van der Waals surface area contributed by atoms with E-state index < -0.39 is 5.97 Å². The fraction of sp³-hybridized carbons (Fsp3) is 0.583. The lowest BCUT2D eigenvalue weighted by atomic mass is 9.82. The molecule has 0 spiro atoms. The number of aromatic nitrogens is 2. The van der Waals surface area contributed by atoms with E-state index in [1.807, 2.05) is 0 Å². The Morgan fingerprint density at radius 2 is 1.94 bits per heavy atom. The molecule has 2 aliphatic carbocycles. The van der Waals surface area contributed by atoms with Crippen molar-refractivity contribution in [3.63, 3.8) is 0 Å². The SMILES string of the molecule is O=C(O)c1cc(C2CCC2)nc(C2CC2)n1. The highest BCUT2D eigenvalue weighted by atomic mass is 16.4. The van der Waals surface area contributed by atoms with Crippen molar-refractivity contribution in [2.24, 2.45) is 0 Å². The van der Waals surface area contributed by atoms with Crippen LogP contribution in [-0.4, -0.2) is 21.0 Å². The molecule has 0 amide bonds. The van der Waals surface area contributed by atoms with Crippen LogP contribution in [0, 0.1) is 0 Å². The van der Waals surface area contributed by atoms with Gasteiger partial charge in [-0.3, -0.25) is 0 Å². The second-order valence-corrected chi connectivity index (χ2v) is 4.74. The number of carboxylic acid groups (broad SMARTS) is 1. The largest absolute Gasteiger partial charge is 0.477 e. The molecule has 4 nitrogen and oxygen atoms in total. The minimum absolute atomic E-state index is 0.166. The zero-order valence-corrected chi connectivity index (χ0v) is 9.02.